The molecular formula is C24H25N3O5S2. The van der Waals surface area contributed by atoms with Gasteiger partial charge in [0.05, 0.1) is 18.1 Å². The highest BCUT2D eigenvalue weighted by molar-refractivity contribution is 7.92. The maximum atomic E-state index is 12.6. The van der Waals surface area contributed by atoms with Gasteiger partial charge in [0.2, 0.25) is 0 Å². The number of sulfonamides is 1. The third kappa shape index (κ3) is 6.93. The number of hydrogen-bond donors (Lipinski definition) is 3. The molecule has 0 heterocycles. The van der Waals surface area contributed by atoms with Crippen LogP contribution < -0.4 is 24.8 Å². The smallest absolute Gasteiger partial charge is 0.261 e. The first kappa shape index (κ1) is 25.0. The first-order chi connectivity index (χ1) is 16.2. The largest absolute Gasteiger partial charge is 0.497 e. The van der Waals surface area contributed by atoms with Crippen LogP contribution in [0.25, 0.3) is 0 Å². The van der Waals surface area contributed by atoms with Crippen molar-refractivity contribution in [2.45, 2.75) is 24.8 Å². The number of rotatable bonds is 8. The van der Waals surface area contributed by atoms with E-state index in [-0.39, 0.29) is 16.1 Å². The second-order valence-corrected chi connectivity index (χ2v) is 9.55. The van der Waals surface area contributed by atoms with Crippen LogP contribution in [0.1, 0.15) is 24.2 Å². The summed E-state index contributed by atoms with van der Waals surface area (Å²) in [5.74, 6) is 0.814. The first-order valence-electron chi connectivity index (χ1n) is 10.3. The minimum Gasteiger partial charge on any atom is -0.497 e. The Bertz CT molecular complexity index is 1260. The molecule has 0 aliphatic rings. The van der Waals surface area contributed by atoms with Crippen molar-refractivity contribution in [3.63, 3.8) is 0 Å². The van der Waals surface area contributed by atoms with Gasteiger partial charge in [-0.2, -0.15) is 0 Å². The third-order valence-corrected chi connectivity index (χ3v) is 6.06. The molecule has 0 fully saturated rings. The number of thiocarbonyl (C=S) groups is 1. The molecule has 3 aromatic carbocycles. The van der Waals surface area contributed by atoms with Gasteiger partial charge in [-0.15, -0.1) is 0 Å². The van der Waals surface area contributed by atoms with E-state index < -0.39 is 15.9 Å². The third-order valence-electron chi connectivity index (χ3n) is 4.46. The second kappa shape index (κ2) is 11.0. The van der Waals surface area contributed by atoms with Gasteiger partial charge in [0.25, 0.3) is 15.9 Å². The molecule has 34 heavy (non-hydrogen) atoms. The van der Waals surface area contributed by atoms with E-state index >= 15 is 0 Å². The summed E-state index contributed by atoms with van der Waals surface area (Å²) in [7, 11) is -2.25. The summed E-state index contributed by atoms with van der Waals surface area (Å²) in [5.41, 5.74) is 1.33. The summed E-state index contributed by atoms with van der Waals surface area (Å²) >= 11 is 5.21. The zero-order valence-corrected chi connectivity index (χ0v) is 20.5. The lowest BCUT2D eigenvalue weighted by Gasteiger charge is -2.13. The Kier molecular flexibility index (Phi) is 8.08. The van der Waals surface area contributed by atoms with Crippen LogP contribution in [-0.4, -0.2) is 32.7 Å². The fourth-order valence-electron chi connectivity index (χ4n) is 2.91. The van der Waals surface area contributed by atoms with Crippen molar-refractivity contribution < 1.29 is 22.7 Å². The lowest BCUT2D eigenvalue weighted by molar-refractivity contribution is 0.0977. The standard InChI is InChI=1S/C24H25N3O5S2/c1-16(2)32-21-6-4-5-17(15-21)23(28)26-24(33)25-18-9-13-22(14-10-18)34(29,30)27-19-7-11-20(31-3)12-8-19/h4-16,27H,1-3H3,(H2,25,26,28,33). The van der Waals surface area contributed by atoms with Crippen LogP contribution in [0.2, 0.25) is 0 Å². The Morgan fingerprint density at radius 3 is 2.18 bits per heavy atom. The predicted octanol–water partition coefficient (Wildman–Crippen LogP) is 4.41. The number of amides is 1. The van der Waals surface area contributed by atoms with Gasteiger partial charge in [-0.1, -0.05) is 6.07 Å². The predicted molar refractivity (Wildman–Crippen MR) is 136 cm³/mol. The summed E-state index contributed by atoms with van der Waals surface area (Å²) < 4.78 is 38.4. The molecule has 10 heteroatoms. The molecule has 0 aliphatic heterocycles. The lowest BCUT2D eigenvalue weighted by atomic mass is 10.2. The molecule has 3 aromatic rings. The zero-order chi connectivity index (χ0) is 24.7. The first-order valence-corrected chi connectivity index (χ1v) is 12.2. The summed E-state index contributed by atoms with van der Waals surface area (Å²) in [5, 5.41) is 5.54. The number of nitrogens with one attached hydrogen (secondary N) is 3. The van der Waals surface area contributed by atoms with Crippen LogP contribution in [-0.2, 0) is 10.0 Å². The van der Waals surface area contributed by atoms with Gasteiger partial charge in [-0.05, 0) is 92.8 Å². The zero-order valence-electron chi connectivity index (χ0n) is 18.9. The fraction of sp³-hybridized carbons (Fsp3) is 0.167. The van der Waals surface area contributed by atoms with Crippen molar-refractivity contribution in [1.82, 2.24) is 5.32 Å². The molecule has 1 amide bonds. The Morgan fingerprint density at radius 2 is 1.56 bits per heavy atom. The number of carbonyl (C=O) groups excluding carboxylic acids is 1. The van der Waals surface area contributed by atoms with Gasteiger partial charge in [0.1, 0.15) is 11.5 Å². The quantitative estimate of drug-likeness (QED) is 0.394. The molecule has 8 nitrogen and oxygen atoms in total. The molecule has 0 atom stereocenters. The van der Waals surface area contributed by atoms with Crippen LogP contribution in [0.5, 0.6) is 11.5 Å². The highest BCUT2D eigenvalue weighted by atomic mass is 32.2. The van der Waals surface area contributed by atoms with E-state index in [9.17, 15) is 13.2 Å². The van der Waals surface area contributed by atoms with Crippen molar-refractivity contribution in [3.05, 3.63) is 78.4 Å². The van der Waals surface area contributed by atoms with Crippen molar-refractivity contribution in [2.75, 3.05) is 17.1 Å². The molecule has 178 valence electrons. The van der Waals surface area contributed by atoms with E-state index in [4.69, 9.17) is 21.7 Å². The van der Waals surface area contributed by atoms with Gasteiger partial charge < -0.3 is 14.8 Å². The maximum Gasteiger partial charge on any atom is 0.261 e. The number of hydrogen-bond acceptors (Lipinski definition) is 6. The van der Waals surface area contributed by atoms with E-state index in [0.29, 0.717) is 28.4 Å². The van der Waals surface area contributed by atoms with E-state index in [1.54, 1.807) is 60.7 Å². The molecule has 3 rings (SSSR count). The lowest BCUT2D eigenvalue weighted by Crippen LogP contribution is -2.34. The molecule has 0 saturated carbocycles. The molecule has 0 bridgehead atoms. The van der Waals surface area contributed by atoms with Gasteiger partial charge in [0.15, 0.2) is 5.11 Å². The number of ether oxygens (including phenoxy) is 2. The number of anilines is 2. The molecule has 0 spiro atoms. The van der Waals surface area contributed by atoms with Crippen LogP contribution in [0.4, 0.5) is 11.4 Å². The number of methoxy groups -OCH3 is 1. The Balaban J connectivity index is 1.60. The van der Waals surface area contributed by atoms with E-state index in [1.165, 1.54) is 19.2 Å². The van der Waals surface area contributed by atoms with Crippen LogP contribution in [0.3, 0.4) is 0 Å². The Hall–Kier alpha value is -3.63. The maximum absolute atomic E-state index is 12.6. The summed E-state index contributed by atoms with van der Waals surface area (Å²) in [6, 6.07) is 19.3. The van der Waals surface area contributed by atoms with Crippen molar-refractivity contribution in [2.24, 2.45) is 0 Å². The van der Waals surface area contributed by atoms with E-state index in [1.807, 2.05) is 13.8 Å². The molecule has 0 saturated heterocycles. The van der Waals surface area contributed by atoms with Crippen LogP contribution >= 0.6 is 12.2 Å². The minimum atomic E-state index is -3.78. The summed E-state index contributed by atoms with van der Waals surface area (Å²) in [6.07, 6.45) is -0.0146. The Morgan fingerprint density at radius 1 is 0.912 bits per heavy atom. The SMILES string of the molecule is COc1ccc(NS(=O)(=O)c2ccc(NC(=S)NC(=O)c3cccc(OC(C)C)c3)cc2)cc1. The second-order valence-electron chi connectivity index (χ2n) is 7.46. The summed E-state index contributed by atoms with van der Waals surface area (Å²) in [6.45, 7) is 3.80. The normalized spacial score (nSPS) is 10.9. The molecular weight excluding hydrogens is 474 g/mol. The van der Waals surface area contributed by atoms with Crippen molar-refractivity contribution in [3.8, 4) is 11.5 Å². The molecule has 0 aliphatic carbocycles. The van der Waals surface area contributed by atoms with Crippen LogP contribution in [0, 0.1) is 0 Å². The topological polar surface area (TPSA) is 106 Å². The highest BCUT2D eigenvalue weighted by Gasteiger charge is 2.15. The fourth-order valence-corrected chi connectivity index (χ4v) is 4.18. The van der Waals surface area contributed by atoms with Crippen LogP contribution in [0.15, 0.2) is 77.7 Å². The van der Waals surface area contributed by atoms with Gasteiger partial charge >= 0.3 is 0 Å². The van der Waals surface area contributed by atoms with E-state index in [2.05, 4.69) is 15.4 Å². The molecule has 0 unspecified atom stereocenters. The highest BCUT2D eigenvalue weighted by Crippen LogP contribution is 2.21. The molecule has 0 aromatic heterocycles. The Labute approximate surface area is 204 Å². The minimum absolute atomic E-state index is 0.0146. The monoisotopic (exact) mass is 499 g/mol. The average molecular weight is 500 g/mol. The molecule has 0 radical (unpaired) electrons. The van der Waals surface area contributed by atoms with Crippen molar-refractivity contribution in [1.29, 1.82) is 0 Å². The number of benzene rings is 3. The number of carbonyl (C=O) groups is 1. The van der Waals surface area contributed by atoms with Gasteiger partial charge in [0, 0.05) is 16.9 Å². The van der Waals surface area contributed by atoms with Gasteiger partial charge in [-0.3, -0.25) is 14.8 Å². The average Bonchev–Trinajstić information content (AvgIpc) is 2.79. The van der Waals surface area contributed by atoms with E-state index in [0.717, 1.165) is 0 Å². The van der Waals surface area contributed by atoms with Crippen molar-refractivity contribution >= 4 is 44.6 Å². The van der Waals surface area contributed by atoms with Gasteiger partial charge in [-0.25, -0.2) is 8.42 Å². The summed E-state index contributed by atoms with van der Waals surface area (Å²) in [4.78, 5) is 12.6. The molecule has 3 N–H and O–H groups in total.